The lowest BCUT2D eigenvalue weighted by Gasteiger charge is -2.37. The van der Waals surface area contributed by atoms with Crippen molar-refractivity contribution >= 4 is 0 Å². The molecule has 19 heavy (non-hydrogen) atoms. The van der Waals surface area contributed by atoms with Crippen molar-refractivity contribution in [3.05, 3.63) is 5.82 Å². The summed E-state index contributed by atoms with van der Waals surface area (Å²) in [6.45, 7) is 11.0. The quantitative estimate of drug-likeness (QED) is 0.805. The maximum Gasteiger partial charge on any atom is 0.168 e. The fourth-order valence-corrected chi connectivity index (χ4v) is 2.67. The molecule has 1 fully saturated rings. The highest BCUT2D eigenvalue weighted by molar-refractivity contribution is 4.95. The number of hydrogen-bond acceptors (Lipinski definition) is 5. The standard InChI is InChI=1S/C13H26N6/c1-5-6-12(18-9-7-17(4)8-10-18)13-14-15-16-19(13)11(2)3/h11-12H,5-10H2,1-4H3/t12-/m0/s1. The van der Waals surface area contributed by atoms with Gasteiger partial charge in [-0.25, -0.2) is 4.68 Å². The zero-order chi connectivity index (χ0) is 13.8. The highest BCUT2D eigenvalue weighted by Gasteiger charge is 2.28. The Hall–Kier alpha value is -1.01. The Bertz CT molecular complexity index is 380. The summed E-state index contributed by atoms with van der Waals surface area (Å²) < 4.78 is 1.97. The Balaban J connectivity index is 2.17. The van der Waals surface area contributed by atoms with Gasteiger partial charge in [-0.15, -0.1) is 5.10 Å². The minimum Gasteiger partial charge on any atom is -0.304 e. The van der Waals surface area contributed by atoms with Crippen LogP contribution in [0.15, 0.2) is 0 Å². The molecule has 0 aliphatic carbocycles. The molecule has 0 saturated carbocycles. The monoisotopic (exact) mass is 266 g/mol. The molecule has 108 valence electrons. The number of likely N-dealkylation sites (N-methyl/N-ethyl adjacent to an activating group) is 1. The predicted octanol–water partition coefficient (Wildman–Crippen LogP) is 1.34. The highest BCUT2D eigenvalue weighted by Crippen LogP contribution is 2.26. The van der Waals surface area contributed by atoms with E-state index in [0.717, 1.165) is 44.8 Å². The van der Waals surface area contributed by atoms with Gasteiger partial charge in [0.15, 0.2) is 5.82 Å². The first kappa shape index (κ1) is 14.4. The van der Waals surface area contributed by atoms with Crippen LogP contribution in [0.4, 0.5) is 0 Å². The Morgan fingerprint density at radius 3 is 2.42 bits per heavy atom. The number of tetrazole rings is 1. The molecule has 0 N–H and O–H groups in total. The van der Waals surface area contributed by atoms with E-state index in [2.05, 4.69) is 53.1 Å². The molecule has 6 nitrogen and oxygen atoms in total. The van der Waals surface area contributed by atoms with Crippen molar-refractivity contribution in [3.8, 4) is 0 Å². The van der Waals surface area contributed by atoms with Gasteiger partial charge in [-0.1, -0.05) is 13.3 Å². The third kappa shape index (κ3) is 3.30. The van der Waals surface area contributed by atoms with Gasteiger partial charge in [0.1, 0.15) is 0 Å². The first-order valence-electron chi connectivity index (χ1n) is 7.33. The topological polar surface area (TPSA) is 50.1 Å². The largest absolute Gasteiger partial charge is 0.304 e. The Morgan fingerprint density at radius 2 is 1.84 bits per heavy atom. The molecule has 1 saturated heterocycles. The second kappa shape index (κ2) is 6.43. The van der Waals surface area contributed by atoms with Crippen LogP contribution in [-0.2, 0) is 0 Å². The summed E-state index contributed by atoms with van der Waals surface area (Å²) in [5, 5.41) is 12.3. The van der Waals surface area contributed by atoms with Gasteiger partial charge >= 0.3 is 0 Å². The van der Waals surface area contributed by atoms with Gasteiger partial charge in [0.2, 0.25) is 0 Å². The first-order chi connectivity index (χ1) is 9.13. The van der Waals surface area contributed by atoms with E-state index in [4.69, 9.17) is 0 Å². The molecule has 1 aliphatic heterocycles. The van der Waals surface area contributed by atoms with E-state index in [1.807, 2.05) is 4.68 Å². The van der Waals surface area contributed by atoms with Gasteiger partial charge in [0, 0.05) is 26.2 Å². The van der Waals surface area contributed by atoms with E-state index in [1.54, 1.807) is 0 Å². The van der Waals surface area contributed by atoms with E-state index < -0.39 is 0 Å². The summed E-state index contributed by atoms with van der Waals surface area (Å²) in [5.41, 5.74) is 0. The summed E-state index contributed by atoms with van der Waals surface area (Å²) in [5.74, 6) is 1.03. The molecule has 1 atom stereocenters. The van der Waals surface area contributed by atoms with Crippen molar-refractivity contribution in [3.63, 3.8) is 0 Å². The van der Waals surface area contributed by atoms with Gasteiger partial charge in [-0.05, 0) is 37.7 Å². The average molecular weight is 266 g/mol. The number of piperazine rings is 1. The van der Waals surface area contributed by atoms with Crippen molar-refractivity contribution < 1.29 is 0 Å². The molecular weight excluding hydrogens is 240 g/mol. The number of rotatable bonds is 5. The summed E-state index contributed by atoms with van der Waals surface area (Å²) in [6, 6.07) is 0.674. The summed E-state index contributed by atoms with van der Waals surface area (Å²) in [7, 11) is 2.18. The molecule has 0 amide bonds. The van der Waals surface area contributed by atoms with E-state index in [0.29, 0.717) is 12.1 Å². The lowest BCUT2D eigenvalue weighted by atomic mass is 10.1. The lowest BCUT2D eigenvalue weighted by molar-refractivity contribution is 0.0987. The number of nitrogens with zero attached hydrogens (tertiary/aromatic N) is 6. The van der Waals surface area contributed by atoms with Crippen molar-refractivity contribution in [1.82, 2.24) is 30.0 Å². The van der Waals surface area contributed by atoms with Crippen LogP contribution < -0.4 is 0 Å². The van der Waals surface area contributed by atoms with Crippen LogP contribution in [0.2, 0.25) is 0 Å². The van der Waals surface area contributed by atoms with Crippen LogP contribution in [0.5, 0.6) is 0 Å². The van der Waals surface area contributed by atoms with Crippen molar-refractivity contribution in [2.24, 2.45) is 0 Å². The zero-order valence-electron chi connectivity index (χ0n) is 12.6. The van der Waals surface area contributed by atoms with Crippen LogP contribution in [0.1, 0.15) is 51.5 Å². The Morgan fingerprint density at radius 1 is 1.16 bits per heavy atom. The molecule has 0 bridgehead atoms. The van der Waals surface area contributed by atoms with Gasteiger partial charge in [-0.3, -0.25) is 4.90 Å². The van der Waals surface area contributed by atoms with E-state index in [-0.39, 0.29) is 0 Å². The van der Waals surface area contributed by atoms with Crippen LogP contribution in [0.25, 0.3) is 0 Å². The van der Waals surface area contributed by atoms with Crippen LogP contribution in [0, 0.1) is 0 Å². The molecule has 1 aromatic rings. The number of hydrogen-bond donors (Lipinski definition) is 0. The minimum absolute atomic E-state index is 0.317. The normalized spacial score (nSPS) is 20.1. The number of aromatic nitrogens is 4. The average Bonchev–Trinajstić information content (AvgIpc) is 2.86. The molecule has 2 heterocycles. The summed E-state index contributed by atoms with van der Waals surface area (Å²) in [6.07, 6.45) is 2.28. The molecular formula is C13H26N6. The third-order valence-corrected chi connectivity index (χ3v) is 3.85. The van der Waals surface area contributed by atoms with Crippen LogP contribution in [0.3, 0.4) is 0 Å². The van der Waals surface area contributed by atoms with E-state index in [9.17, 15) is 0 Å². The van der Waals surface area contributed by atoms with Gasteiger partial charge in [0.25, 0.3) is 0 Å². The van der Waals surface area contributed by atoms with Crippen molar-refractivity contribution in [2.45, 2.75) is 45.7 Å². The third-order valence-electron chi connectivity index (χ3n) is 3.85. The molecule has 2 rings (SSSR count). The van der Waals surface area contributed by atoms with Crippen molar-refractivity contribution in [1.29, 1.82) is 0 Å². The zero-order valence-corrected chi connectivity index (χ0v) is 12.6. The maximum atomic E-state index is 4.30. The smallest absolute Gasteiger partial charge is 0.168 e. The summed E-state index contributed by atoms with van der Waals surface area (Å²) in [4.78, 5) is 4.92. The second-order valence-electron chi connectivity index (χ2n) is 5.72. The van der Waals surface area contributed by atoms with Crippen LogP contribution in [-0.4, -0.2) is 63.2 Å². The summed E-state index contributed by atoms with van der Waals surface area (Å²) >= 11 is 0. The molecule has 6 heteroatoms. The molecule has 0 spiro atoms. The minimum atomic E-state index is 0.317. The van der Waals surface area contributed by atoms with Gasteiger partial charge in [-0.2, -0.15) is 0 Å². The molecule has 0 radical (unpaired) electrons. The van der Waals surface area contributed by atoms with E-state index >= 15 is 0 Å². The second-order valence-corrected chi connectivity index (χ2v) is 5.72. The molecule has 1 aliphatic rings. The fraction of sp³-hybridized carbons (Fsp3) is 0.923. The Kier molecular flexibility index (Phi) is 4.87. The van der Waals surface area contributed by atoms with Gasteiger partial charge in [0.05, 0.1) is 12.1 Å². The molecule has 0 aromatic carbocycles. The van der Waals surface area contributed by atoms with E-state index in [1.165, 1.54) is 0 Å². The van der Waals surface area contributed by atoms with Gasteiger partial charge < -0.3 is 4.90 Å². The van der Waals surface area contributed by atoms with Crippen molar-refractivity contribution in [2.75, 3.05) is 33.2 Å². The fourth-order valence-electron chi connectivity index (χ4n) is 2.67. The highest BCUT2D eigenvalue weighted by atomic mass is 15.6. The maximum absolute atomic E-state index is 4.30. The lowest BCUT2D eigenvalue weighted by Crippen LogP contribution is -2.46. The van der Waals surface area contributed by atoms with Crippen LogP contribution >= 0.6 is 0 Å². The molecule has 1 aromatic heterocycles. The predicted molar refractivity (Wildman–Crippen MR) is 74.9 cm³/mol. The first-order valence-corrected chi connectivity index (χ1v) is 7.33. The SMILES string of the molecule is CCC[C@@H](c1nnnn1C(C)C)N1CCN(C)CC1. The Labute approximate surface area is 115 Å². The molecule has 0 unspecified atom stereocenters.